The number of sulfonamides is 1. The van der Waals surface area contributed by atoms with Crippen LogP contribution in [0.4, 0.5) is 13.2 Å². The molecule has 0 atom stereocenters. The van der Waals surface area contributed by atoms with Crippen molar-refractivity contribution in [3.05, 3.63) is 28.8 Å². The van der Waals surface area contributed by atoms with Gasteiger partial charge in [0.15, 0.2) is 0 Å². The predicted molar refractivity (Wildman–Crippen MR) is 93.8 cm³/mol. The summed E-state index contributed by atoms with van der Waals surface area (Å²) in [5, 5.41) is 2.90. The van der Waals surface area contributed by atoms with Crippen molar-refractivity contribution in [2.24, 2.45) is 0 Å². The molecule has 1 saturated heterocycles. The lowest BCUT2D eigenvalue weighted by Gasteiger charge is -2.33. The molecule has 10 heteroatoms. The highest BCUT2D eigenvalue weighted by molar-refractivity contribution is 7.89. The minimum absolute atomic E-state index is 0. The van der Waals surface area contributed by atoms with E-state index in [1.807, 2.05) is 6.92 Å². The van der Waals surface area contributed by atoms with Crippen molar-refractivity contribution in [2.45, 2.75) is 43.3 Å². The molecule has 1 aromatic carbocycles. The van der Waals surface area contributed by atoms with Crippen LogP contribution in [0.3, 0.4) is 0 Å². The van der Waals surface area contributed by atoms with E-state index in [1.54, 1.807) is 0 Å². The average molecular weight is 421 g/mol. The second-order valence-corrected chi connectivity index (χ2v) is 8.10. The third-order valence-corrected chi connectivity index (χ3v) is 6.11. The molecule has 1 heterocycles. The number of alkyl halides is 3. The van der Waals surface area contributed by atoms with Gasteiger partial charge < -0.3 is 5.32 Å². The van der Waals surface area contributed by atoms with Crippen LogP contribution in [0.25, 0.3) is 0 Å². The molecule has 0 saturated carbocycles. The molecule has 0 spiro atoms. The molecular weight excluding hydrogens is 400 g/mol. The van der Waals surface area contributed by atoms with Crippen LogP contribution in [0.15, 0.2) is 23.1 Å². The Bertz CT molecular complexity index is 678. The maximum absolute atomic E-state index is 13.0. The lowest BCUT2D eigenvalue weighted by Crippen LogP contribution is -2.46. The second kappa shape index (κ2) is 8.90. The minimum Gasteiger partial charge on any atom is -0.317 e. The summed E-state index contributed by atoms with van der Waals surface area (Å²) in [5.41, 5.74) is -1.06. The first-order chi connectivity index (χ1) is 11.2. The number of nitrogens with one attached hydrogen (secondary N) is 1. The number of halogens is 5. The first-order valence-electron chi connectivity index (χ1n) is 7.76. The fourth-order valence-electron chi connectivity index (χ4n) is 2.82. The zero-order valence-electron chi connectivity index (χ0n) is 13.6. The molecule has 144 valence electrons. The van der Waals surface area contributed by atoms with Gasteiger partial charge in [0.2, 0.25) is 10.0 Å². The molecule has 0 amide bonds. The van der Waals surface area contributed by atoms with Crippen LogP contribution >= 0.6 is 24.0 Å². The van der Waals surface area contributed by atoms with E-state index in [1.165, 1.54) is 4.31 Å². The highest BCUT2D eigenvalue weighted by atomic mass is 35.5. The molecule has 2 rings (SSSR count). The van der Waals surface area contributed by atoms with Crippen molar-refractivity contribution in [3.8, 4) is 0 Å². The fraction of sp³-hybridized carbons (Fsp3) is 0.600. The van der Waals surface area contributed by atoms with Crippen molar-refractivity contribution in [3.63, 3.8) is 0 Å². The number of nitrogens with zero attached hydrogens (tertiary/aromatic N) is 1. The first-order valence-corrected chi connectivity index (χ1v) is 9.58. The Labute approximate surface area is 157 Å². The Morgan fingerprint density at radius 3 is 2.36 bits per heavy atom. The van der Waals surface area contributed by atoms with Gasteiger partial charge in [-0.05, 0) is 50.6 Å². The Hall–Kier alpha value is -0.540. The molecule has 0 unspecified atom stereocenters. The summed E-state index contributed by atoms with van der Waals surface area (Å²) in [6, 6.07) is 2.25. The summed E-state index contributed by atoms with van der Waals surface area (Å²) < 4.78 is 66.1. The van der Waals surface area contributed by atoms with Gasteiger partial charge in [-0.15, -0.1) is 12.4 Å². The molecule has 25 heavy (non-hydrogen) atoms. The van der Waals surface area contributed by atoms with Gasteiger partial charge in [-0.25, -0.2) is 8.42 Å². The Balaban J connectivity index is 0.00000312. The second-order valence-electron chi connectivity index (χ2n) is 5.77. The molecule has 0 aliphatic carbocycles. The summed E-state index contributed by atoms with van der Waals surface area (Å²) >= 11 is 5.74. The molecule has 1 N–H and O–H groups in total. The van der Waals surface area contributed by atoms with Gasteiger partial charge >= 0.3 is 6.18 Å². The third kappa shape index (κ3) is 5.47. The molecular formula is C15H21Cl2F3N2O2S. The van der Waals surface area contributed by atoms with E-state index < -0.39 is 26.7 Å². The normalized spacial score (nSPS) is 16.7. The molecule has 1 aliphatic heterocycles. The van der Waals surface area contributed by atoms with Crippen molar-refractivity contribution >= 4 is 34.0 Å². The highest BCUT2D eigenvalue weighted by Gasteiger charge is 2.36. The maximum Gasteiger partial charge on any atom is 0.416 e. The molecule has 4 nitrogen and oxygen atoms in total. The Morgan fingerprint density at radius 1 is 1.24 bits per heavy atom. The van der Waals surface area contributed by atoms with E-state index in [4.69, 9.17) is 11.6 Å². The molecule has 1 aliphatic rings. The standard InChI is InChI=1S/C15H20ClF3N2O2S.ClH/c1-2-7-21(13-3-5-20-6-4-13)24(22,23)14-9-11(15(17,18)19)8-12(16)10-14;/h8-10,13,20H,2-7H2,1H3;1H. The summed E-state index contributed by atoms with van der Waals surface area (Å²) in [7, 11) is -4.05. The van der Waals surface area contributed by atoms with E-state index in [-0.39, 0.29) is 30.0 Å². The van der Waals surface area contributed by atoms with Crippen LogP contribution in [0.1, 0.15) is 31.7 Å². The zero-order valence-corrected chi connectivity index (χ0v) is 16.0. The molecule has 1 fully saturated rings. The summed E-state index contributed by atoms with van der Waals surface area (Å²) in [4.78, 5) is -0.408. The van der Waals surface area contributed by atoms with Gasteiger partial charge in [0, 0.05) is 17.6 Å². The monoisotopic (exact) mass is 420 g/mol. The molecule has 0 radical (unpaired) electrons. The van der Waals surface area contributed by atoms with Gasteiger partial charge in [0.25, 0.3) is 0 Å². The quantitative estimate of drug-likeness (QED) is 0.784. The molecule has 1 aromatic rings. The first kappa shape index (κ1) is 22.5. The SMILES string of the molecule is CCCN(C1CCNCC1)S(=O)(=O)c1cc(Cl)cc(C(F)(F)F)c1.Cl. The predicted octanol–water partition coefficient (Wildman–Crippen LogP) is 3.93. The van der Waals surface area contributed by atoms with Gasteiger partial charge in [0.1, 0.15) is 0 Å². The van der Waals surface area contributed by atoms with E-state index in [0.29, 0.717) is 38.4 Å². The number of hydrogen-bond donors (Lipinski definition) is 1. The van der Waals surface area contributed by atoms with E-state index >= 15 is 0 Å². The lowest BCUT2D eigenvalue weighted by atomic mass is 10.1. The topological polar surface area (TPSA) is 49.4 Å². The van der Waals surface area contributed by atoms with Gasteiger partial charge in [-0.3, -0.25) is 0 Å². The fourth-order valence-corrected chi connectivity index (χ4v) is 4.97. The van der Waals surface area contributed by atoms with Crippen molar-refractivity contribution < 1.29 is 21.6 Å². The van der Waals surface area contributed by atoms with Crippen LogP contribution < -0.4 is 5.32 Å². The number of hydrogen-bond acceptors (Lipinski definition) is 3. The van der Waals surface area contributed by atoms with E-state index in [0.717, 1.165) is 12.1 Å². The number of benzene rings is 1. The Morgan fingerprint density at radius 2 is 1.84 bits per heavy atom. The van der Waals surface area contributed by atoms with E-state index in [9.17, 15) is 21.6 Å². The van der Waals surface area contributed by atoms with Crippen molar-refractivity contribution in [2.75, 3.05) is 19.6 Å². The van der Waals surface area contributed by atoms with E-state index in [2.05, 4.69) is 5.32 Å². The summed E-state index contributed by atoms with van der Waals surface area (Å²) in [5.74, 6) is 0. The Kier molecular flexibility index (Phi) is 8.01. The van der Waals surface area contributed by atoms with Gasteiger partial charge in [-0.1, -0.05) is 18.5 Å². The smallest absolute Gasteiger partial charge is 0.317 e. The van der Waals surface area contributed by atoms with Crippen LogP contribution in [0, 0.1) is 0 Å². The number of piperidine rings is 1. The average Bonchev–Trinajstić information content (AvgIpc) is 2.52. The summed E-state index contributed by atoms with van der Waals surface area (Å²) in [6.07, 6.45) is -2.81. The van der Waals surface area contributed by atoms with Crippen LogP contribution in [0.5, 0.6) is 0 Å². The molecule has 0 bridgehead atoms. The van der Waals surface area contributed by atoms with Gasteiger partial charge in [0.05, 0.1) is 10.5 Å². The summed E-state index contributed by atoms with van der Waals surface area (Å²) in [6.45, 7) is 3.47. The van der Waals surface area contributed by atoms with Crippen LogP contribution in [-0.4, -0.2) is 38.4 Å². The third-order valence-electron chi connectivity index (χ3n) is 3.97. The van der Waals surface area contributed by atoms with Gasteiger partial charge in [-0.2, -0.15) is 17.5 Å². The largest absolute Gasteiger partial charge is 0.416 e. The maximum atomic E-state index is 13.0. The number of rotatable bonds is 5. The zero-order chi connectivity index (χ0) is 18.0. The van der Waals surface area contributed by atoms with Crippen molar-refractivity contribution in [1.82, 2.24) is 9.62 Å². The van der Waals surface area contributed by atoms with Crippen LogP contribution in [-0.2, 0) is 16.2 Å². The lowest BCUT2D eigenvalue weighted by molar-refractivity contribution is -0.137. The van der Waals surface area contributed by atoms with Crippen molar-refractivity contribution in [1.29, 1.82) is 0 Å². The minimum atomic E-state index is -4.65. The highest BCUT2D eigenvalue weighted by Crippen LogP contribution is 2.34. The molecule has 0 aromatic heterocycles. The van der Waals surface area contributed by atoms with Crippen LogP contribution in [0.2, 0.25) is 5.02 Å².